The highest BCUT2D eigenvalue weighted by Gasteiger charge is 2.42. The molecule has 1 fully saturated rings. The van der Waals surface area contributed by atoms with Gasteiger partial charge in [0.25, 0.3) is 0 Å². The fraction of sp³-hybridized carbons (Fsp3) is 0.372. The molecule has 9 heteroatoms. The minimum absolute atomic E-state index is 0.138. The minimum atomic E-state index is -0.362. The van der Waals surface area contributed by atoms with Crippen LogP contribution in [0.3, 0.4) is 0 Å². The first-order chi connectivity index (χ1) is 25.3. The van der Waals surface area contributed by atoms with Gasteiger partial charge in [-0.25, -0.2) is 4.98 Å². The summed E-state index contributed by atoms with van der Waals surface area (Å²) in [4.78, 5) is 7.67. The number of H-pyrrole nitrogens is 1. The molecule has 1 saturated carbocycles. The van der Waals surface area contributed by atoms with E-state index < -0.39 is 0 Å². The lowest BCUT2D eigenvalue weighted by atomic mass is 9.64. The summed E-state index contributed by atoms with van der Waals surface area (Å²) in [5.74, 6) is -1.07. The Hall–Kier alpha value is -4.99. The molecule has 2 unspecified atom stereocenters. The van der Waals surface area contributed by atoms with Crippen molar-refractivity contribution in [3.63, 3.8) is 0 Å². The second-order valence-electron chi connectivity index (χ2n) is 14.3. The number of fused-ring (bicyclic) bond motifs is 1. The lowest BCUT2D eigenvalue weighted by molar-refractivity contribution is 0.0996. The Morgan fingerprint density at radius 1 is 0.865 bits per heavy atom. The van der Waals surface area contributed by atoms with Gasteiger partial charge in [0, 0.05) is 42.6 Å². The van der Waals surface area contributed by atoms with E-state index in [-0.39, 0.29) is 52.1 Å². The number of hydrogen-bond donors (Lipinski definition) is 8. The molecule has 1 heterocycles. The molecule has 0 spiro atoms. The smallest absolute Gasteiger partial charge is 0.169 e. The standard InChI is InChI=1S/C43H51N3O6/c1-2-3-4-8-30-21-28(12-16-31(30)23-44-26-43(39-24-45-27-46-39)20-6-5-9-32(43)25-47)14-18-35-33(17-13-29-15-19-36(48)38(50)22-29)34-10-7-11-37(49)40(34)42(52)41(35)51/h7,10-13,15-17,19,21-22,24,27,32,44,47-52H,2-6,8-9,14,18,20,23,25-26H2,1H3,(H,45,46). The quantitative estimate of drug-likeness (QED) is 0.0309. The Morgan fingerprint density at radius 2 is 1.73 bits per heavy atom. The maximum absolute atomic E-state index is 11.3. The van der Waals surface area contributed by atoms with Crippen molar-refractivity contribution in [1.29, 1.82) is 0 Å². The van der Waals surface area contributed by atoms with Gasteiger partial charge in [-0.1, -0.05) is 81.2 Å². The highest BCUT2D eigenvalue weighted by Crippen LogP contribution is 2.46. The molecule has 52 heavy (non-hydrogen) atoms. The van der Waals surface area contributed by atoms with E-state index in [1.807, 2.05) is 6.20 Å². The van der Waals surface area contributed by atoms with Crippen LogP contribution in [0.5, 0.6) is 28.7 Å². The second kappa shape index (κ2) is 16.6. The molecule has 4 aromatic carbocycles. The number of aromatic hydroxyl groups is 5. The molecular weight excluding hydrogens is 654 g/mol. The van der Waals surface area contributed by atoms with E-state index in [0.29, 0.717) is 41.5 Å². The predicted octanol–water partition coefficient (Wildman–Crippen LogP) is 7.99. The van der Waals surface area contributed by atoms with Crippen molar-refractivity contribution >= 4 is 22.9 Å². The molecule has 8 N–H and O–H groups in total. The van der Waals surface area contributed by atoms with Gasteiger partial charge in [-0.05, 0) is 95.8 Å². The van der Waals surface area contributed by atoms with Crippen LogP contribution in [0.2, 0.25) is 0 Å². The van der Waals surface area contributed by atoms with Crippen molar-refractivity contribution in [2.45, 2.75) is 83.1 Å². The van der Waals surface area contributed by atoms with Gasteiger partial charge in [0.2, 0.25) is 0 Å². The van der Waals surface area contributed by atoms with Crippen LogP contribution in [0.25, 0.3) is 22.9 Å². The molecule has 0 radical (unpaired) electrons. The zero-order valence-electron chi connectivity index (χ0n) is 29.9. The van der Waals surface area contributed by atoms with Crippen LogP contribution in [0.1, 0.15) is 90.9 Å². The molecule has 9 nitrogen and oxygen atoms in total. The number of phenolic OH excluding ortho intramolecular Hbond substituents is 5. The maximum Gasteiger partial charge on any atom is 0.169 e. The minimum Gasteiger partial charge on any atom is -0.507 e. The second-order valence-corrected chi connectivity index (χ2v) is 14.3. The molecule has 274 valence electrons. The number of phenols is 5. The van der Waals surface area contributed by atoms with Gasteiger partial charge in [-0.3, -0.25) is 0 Å². The van der Waals surface area contributed by atoms with Gasteiger partial charge < -0.3 is 40.9 Å². The molecule has 1 aliphatic rings. The fourth-order valence-electron chi connectivity index (χ4n) is 8.12. The lowest BCUT2D eigenvalue weighted by Crippen LogP contribution is -2.47. The largest absolute Gasteiger partial charge is 0.507 e. The van der Waals surface area contributed by atoms with Crippen LogP contribution in [-0.2, 0) is 31.2 Å². The highest BCUT2D eigenvalue weighted by molar-refractivity contribution is 6.03. The number of benzene rings is 4. The van der Waals surface area contributed by atoms with E-state index in [1.165, 1.54) is 29.3 Å². The van der Waals surface area contributed by atoms with E-state index in [2.05, 4.69) is 40.4 Å². The van der Waals surface area contributed by atoms with Crippen LogP contribution < -0.4 is 5.32 Å². The van der Waals surface area contributed by atoms with Gasteiger partial charge >= 0.3 is 0 Å². The van der Waals surface area contributed by atoms with E-state index >= 15 is 0 Å². The van der Waals surface area contributed by atoms with Crippen LogP contribution >= 0.6 is 0 Å². The highest BCUT2D eigenvalue weighted by atomic mass is 16.3. The summed E-state index contributed by atoms with van der Waals surface area (Å²) >= 11 is 0. The topological polar surface area (TPSA) is 162 Å². The van der Waals surface area contributed by atoms with Gasteiger partial charge in [-0.15, -0.1) is 0 Å². The first kappa shape index (κ1) is 36.8. The van der Waals surface area contributed by atoms with E-state index in [4.69, 9.17) is 0 Å². The summed E-state index contributed by atoms with van der Waals surface area (Å²) in [7, 11) is 0. The third kappa shape index (κ3) is 7.76. The van der Waals surface area contributed by atoms with E-state index in [0.717, 1.165) is 69.2 Å². The Bertz CT molecular complexity index is 2010. The molecule has 0 aliphatic heterocycles. The zero-order chi connectivity index (χ0) is 36.7. The SMILES string of the molecule is CCCCCc1cc(CCc2c(O)c(O)c3c(O)cccc3c2C=Cc2ccc(O)c(O)c2)ccc1CNCC1(c2cnc[nH]2)CCCCC1CO. The average Bonchev–Trinajstić information content (AvgIpc) is 3.70. The molecule has 6 rings (SSSR count). The molecule has 0 bridgehead atoms. The fourth-order valence-corrected chi connectivity index (χ4v) is 8.12. The monoisotopic (exact) mass is 705 g/mol. The molecule has 0 amide bonds. The number of nitrogens with zero attached hydrogens (tertiary/aromatic N) is 1. The number of aliphatic hydroxyl groups excluding tert-OH is 1. The number of hydrogen-bond acceptors (Lipinski definition) is 8. The Balaban J connectivity index is 1.27. The predicted molar refractivity (Wildman–Crippen MR) is 206 cm³/mol. The number of aryl methyl sites for hydroxylation is 2. The lowest BCUT2D eigenvalue weighted by Gasteiger charge is -2.43. The summed E-state index contributed by atoms with van der Waals surface area (Å²) < 4.78 is 0. The number of aromatic nitrogens is 2. The summed E-state index contributed by atoms with van der Waals surface area (Å²) in [6, 6.07) is 16.1. The van der Waals surface area contributed by atoms with Gasteiger partial charge in [0.15, 0.2) is 23.0 Å². The third-order valence-corrected chi connectivity index (χ3v) is 11.0. The summed E-state index contributed by atoms with van der Waals surface area (Å²) in [6.07, 6.45) is 16.8. The van der Waals surface area contributed by atoms with Crippen LogP contribution in [0.15, 0.2) is 67.1 Å². The number of aliphatic hydroxyl groups is 1. The van der Waals surface area contributed by atoms with Gasteiger partial charge in [-0.2, -0.15) is 0 Å². The van der Waals surface area contributed by atoms with E-state index in [1.54, 1.807) is 36.7 Å². The molecule has 0 saturated heterocycles. The Kier molecular flexibility index (Phi) is 11.7. The van der Waals surface area contributed by atoms with Crippen molar-refractivity contribution in [2.24, 2.45) is 5.92 Å². The van der Waals surface area contributed by atoms with Crippen molar-refractivity contribution in [1.82, 2.24) is 15.3 Å². The Morgan fingerprint density at radius 3 is 2.50 bits per heavy atom. The summed E-state index contributed by atoms with van der Waals surface area (Å²) in [6.45, 7) is 3.82. The number of imidazole rings is 1. The van der Waals surface area contributed by atoms with Crippen molar-refractivity contribution in [3.8, 4) is 28.7 Å². The molecule has 1 aromatic heterocycles. The zero-order valence-corrected chi connectivity index (χ0v) is 29.9. The van der Waals surface area contributed by atoms with Crippen LogP contribution in [0, 0.1) is 5.92 Å². The normalized spacial score (nSPS) is 17.7. The van der Waals surface area contributed by atoms with Crippen molar-refractivity contribution in [2.75, 3.05) is 13.2 Å². The third-order valence-electron chi connectivity index (χ3n) is 11.0. The average molecular weight is 706 g/mol. The molecular formula is C43H51N3O6. The van der Waals surface area contributed by atoms with E-state index in [9.17, 15) is 30.6 Å². The van der Waals surface area contributed by atoms with Gasteiger partial charge in [0.05, 0.1) is 11.7 Å². The molecule has 2 atom stereocenters. The number of aromatic amines is 1. The summed E-state index contributed by atoms with van der Waals surface area (Å²) in [5.41, 5.74) is 6.38. The number of nitrogens with one attached hydrogen (secondary N) is 2. The molecule has 5 aromatic rings. The molecule has 1 aliphatic carbocycles. The first-order valence-electron chi connectivity index (χ1n) is 18.5. The van der Waals surface area contributed by atoms with Crippen molar-refractivity contribution in [3.05, 3.63) is 106 Å². The number of unbranched alkanes of at least 4 members (excludes halogenated alkanes) is 2. The maximum atomic E-state index is 11.3. The number of rotatable bonds is 15. The van der Waals surface area contributed by atoms with Crippen LogP contribution in [0.4, 0.5) is 0 Å². The summed E-state index contributed by atoms with van der Waals surface area (Å²) in [5, 5.41) is 67.7. The van der Waals surface area contributed by atoms with Crippen molar-refractivity contribution < 1.29 is 30.6 Å². The first-order valence-corrected chi connectivity index (χ1v) is 18.5. The van der Waals surface area contributed by atoms with Gasteiger partial charge in [0.1, 0.15) is 5.75 Å². The van der Waals surface area contributed by atoms with Crippen LogP contribution in [-0.4, -0.2) is 53.8 Å². The Labute approximate surface area is 305 Å².